The van der Waals surface area contributed by atoms with E-state index in [0.717, 1.165) is 0 Å². The van der Waals surface area contributed by atoms with Gasteiger partial charge < -0.3 is 15.3 Å². The van der Waals surface area contributed by atoms with Gasteiger partial charge in [-0.25, -0.2) is 0 Å². The molecule has 112 valence electrons. The lowest BCUT2D eigenvalue weighted by Crippen LogP contribution is -2.57. The minimum atomic E-state index is -1.16. The summed E-state index contributed by atoms with van der Waals surface area (Å²) in [6.45, 7) is 0.476. The van der Waals surface area contributed by atoms with Crippen molar-refractivity contribution in [2.75, 3.05) is 13.1 Å². The third-order valence-electron chi connectivity index (χ3n) is 3.14. The van der Waals surface area contributed by atoms with Crippen LogP contribution in [-0.2, 0) is 9.59 Å². The molecule has 0 saturated carbocycles. The number of carboxylic acid groups (broad SMARTS) is 1. The molecule has 1 saturated heterocycles. The minimum Gasteiger partial charge on any atom is -0.481 e. The molecule has 2 rings (SSSR count). The first-order chi connectivity index (χ1) is 9.91. The molecular formula is C13H12Cl2N2O4. The second-order valence-electron chi connectivity index (χ2n) is 4.50. The molecule has 1 heterocycles. The summed E-state index contributed by atoms with van der Waals surface area (Å²) in [5, 5.41) is 11.7. The molecule has 1 aromatic carbocycles. The van der Waals surface area contributed by atoms with Gasteiger partial charge in [-0.15, -0.1) is 0 Å². The number of carbonyl (C=O) groups is 3. The van der Waals surface area contributed by atoms with E-state index in [0.29, 0.717) is 0 Å². The quantitative estimate of drug-likeness (QED) is 0.877. The summed E-state index contributed by atoms with van der Waals surface area (Å²) < 4.78 is 0. The van der Waals surface area contributed by atoms with E-state index in [4.69, 9.17) is 28.3 Å². The lowest BCUT2D eigenvalue weighted by molar-refractivity contribution is -0.142. The molecule has 6 nitrogen and oxygen atoms in total. The largest absolute Gasteiger partial charge is 0.481 e. The number of nitrogens with zero attached hydrogens (tertiary/aromatic N) is 1. The fourth-order valence-corrected chi connectivity index (χ4v) is 2.53. The molecule has 0 bridgehead atoms. The summed E-state index contributed by atoms with van der Waals surface area (Å²) in [4.78, 5) is 36.4. The fourth-order valence-electron chi connectivity index (χ4n) is 2.15. The zero-order chi connectivity index (χ0) is 15.6. The molecule has 1 aliphatic heterocycles. The number of benzene rings is 1. The number of piperazine rings is 1. The highest BCUT2D eigenvalue weighted by atomic mass is 35.5. The van der Waals surface area contributed by atoms with Gasteiger partial charge in [0.2, 0.25) is 5.91 Å². The zero-order valence-electron chi connectivity index (χ0n) is 10.8. The third-order valence-corrected chi connectivity index (χ3v) is 3.96. The van der Waals surface area contributed by atoms with Crippen LogP contribution in [0.5, 0.6) is 0 Å². The lowest BCUT2D eigenvalue weighted by Gasteiger charge is -2.34. The van der Waals surface area contributed by atoms with Gasteiger partial charge in [-0.1, -0.05) is 29.3 Å². The predicted molar refractivity (Wildman–Crippen MR) is 76.5 cm³/mol. The van der Waals surface area contributed by atoms with Gasteiger partial charge in [0, 0.05) is 13.1 Å². The van der Waals surface area contributed by atoms with Crippen LogP contribution in [0.25, 0.3) is 0 Å². The van der Waals surface area contributed by atoms with Crippen LogP contribution in [0.15, 0.2) is 18.2 Å². The first-order valence-corrected chi connectivity index (χ1v) is 6.92. The molecule has 1 atom stereocenters. The van der Waals surface area contributed by atoms with Gasteiger partial charge in [0.15, 0.2) is 0 Å². The van der Waals surface area contributed by atoms with E-state index in [9.17, 15) is 14.4 Å². The monoisotopic (exact) mass is 330 g/mol. The van der Waals surface area contributed by atoms with Crippen LogP contribution in [0.2, 0.25) is 10.0 Å². The van der Waals surface area contributed by atoms with Crippen molar-refractivity contribution in [2.45, 2.75) is 12.5 Å². The number of carbonyl (C=O) groups excluding carboxylic acids is 2. The van der Waals surface area contributed by atoms with Crippen molar-refractivity contribution < 1.29 is 19.5 Å². The Morgan fingerprint density at radius 1 is 1.38 bits per heavy atom. The number of hydrogen-bond acceptors (Lipinski definition) is 3. The molecule has 21 heavy (non-hydrogen) atoms. The number of hydrogen-bond donors (Lipinski definition) is 2. The first kappa shape index (κ1) is 15.6. The Kier molecular flexibility index (Phi) is 4.69. The zero-order valence-corrected chi connectivity index (χ0v) is 12.3. The molecule has 0 aromatic heterocycles. The SMILES string of the molecule is O=C(O)CC1C(=O)NCCN1C(=O)c1cccc(Cl)c1Cl. The molecule has 1 fully saturated rings. The summed E-state index contributed by atoms with van der Waals surface area (Å²) in [5.74, 6) is -2.16. The van der Waals surface area contributed by atoms with E-state index in [1.54, 1.807) is 6.07 Å². The first-order valence-electron chi connectivity index (χ1n) is 6.16. The van der Waals surface area contributed by atoms with Crippen LogP contribution in [-0.4, -0.2) is 46.9 Å². The van der Waals surface area contributed by atoms with Gasteiger partial charge in [-0.3, -0.25) is 14.4 Å². The highest BCUT2D eigenvalue weighted by Crippen LogP contribution is 2.27. The summed E-state index contributed by atoms with van der Waals surface area (Å²) in [5.41, 5.74) is 0.147. The Morgan fingerprint density at radius 3 is 2.76 bits per heavy atom. The normalized spacial score (nSPS) is 18.3. The van der Waals surface area contributed by atoms with E-state index >= 15 is 0 Å². The lowest BCUT2D eigenvalue weighted by atomic mass is 10.1. The van der Waals surface area contributed by atoms with Crippen molar-refractivity contribution in [1.82, 2.24) is 10.2 Å². The maximum atomic E-state index is 12.5. The summed E-state index contributed by atoms with van der Waals surface area (Å²) >= 11 is 11.9. The van der Waals surface area contributed by atoms with Crippen molar-refractivity contribution in [3.05, 3.63) is 33.8 Å². The number of halogens is 2. The van der Waals surface area contributed by atoms with Crippen molar-refractivity contribution in [3.8, 4) is 0 Å². The van der Waals surface area contributed by atoms with Gasteiger partial charge in [0.1, 0.15) is 6.04 Å². The highest BCUT2D eigenvalue weighted by molar-refractivity contribution is 6.43. The van der Waals surface area contributed by atoms with Crippen LogP contribution in [0.3, 0.4) is 0 Å². The van der Waals surface area contributed by atoms with E-state index in [1.165, 1.54) is 17.0 Å². The molecule has 2 N–H and O–H groups in total. The molecule has 0 radical (unpaired) electrons. The molecule has 1 aromatic rings. The molecule has 8 heteroatoms. The Morgan fingerprint density at radius 2 is 2.10 bits per heavy atom. The average Bonchev–Trinajstić information content (AvgIpc) is 2.43. The number of amides is 2. The summed E-state index contributed by atoms with van der Waals surface area (Å²) in [6, 6.07) is 3.54. The number of nitrogens with one attached hydrogen (secondary N) is 1. The van der Waals surface area contributed by atoms with E-state index in [1.807, 2.05) is 0 Å². The van der Waals surface area contributed by atoms with Crippen LogP contribution >= 0.6 is 23.2 Å². The second kappa shape index (κ2) is 6.32. The summed E-state index contributed by atoms with van der Waals surface area (Å²) in [7, 11) is 0. The van der Waals surface area contributed by atoms with Gasteiger partial charge in [-0.05, 0) is 12.1 Å². The van der Waals surface area contributed by atoms with Crippen LogP contribution in [0, 0.1) is 0 Å². The summed E-state index contributed by atoms with van der Waals surface area (Å²) in [6.07, 6.45) is -0.463. The van der Waals surface area contributed by atoms with Gasteiger partial charge in [0.25, 0.3) is 5.91 Å². The number of aliphatic carboxylic acids is 1. The van der Waals surface area contributed by atoms with E-state index in [2.05, 4.69) is 5.32 Å². The standard InChI is InChI=1S/C13H12Cl2N2O4/c14-8-3-1-2-7(11(8)15)13(21)17-5-4-16-12(20)9(17)6-10(18)19/h1-3,9H,4-6H2,(H,16,20)(H,18,19). The maximum absolute atomic E-state index is 12.5. The van der Waals surface area contributed by atoms with Gasteiger partial charge >= 0.3 is 5.97 Å². The molecule has 2 amide bonds. The molecule has 0 spiro atoms. The molecule has 0 aliphatic carbocycles. The molecular weight excluding hydrogens is 319 g/mol. The van der Waals surface area contributed by atoms with Crippen molar-refractivity contribution >= 4 is 41.0 Å². The van der Waals surface area contributed by atoms with Crippen LogP contribution in [0.1, 0.15) is 16.8 Å². The Labute approximate surface area is 130 Å². The van der Waals surface area contributed by atoms with Crippen LogP contribution < -0.4 is 5.32 Å². The fraction of sp³-hybridized carbons (Fsp3) is 0.308. The number of carboxylic acids is 1. The van der Waals surface area contributed by atoms with Crippen molar-refractivity contribution in [3.63, 3.8) is 0 Å². The van der Waals surface area contributed by atoms with Gasteiger partial charge in [0.05, 0.1) is 22.0 Å². The molecule has 1 unspecified atom stereocenters. The minimum absolute atomic E-state index is 0.0872. The topological polar surface area (TPSA) is 86.7 Å². The predicted octanol–water partition coefficient (Wildman–Crippen LogP) is 1.41. The Bertz CT molecular complexity index is 606. The van der Waals surface area contributed by atoms with Gasteiger partial charge in [-0.2, -0.15) is 0 Å². The van der Waals surface area contributed by atoms with Crippen molar-refractivity contribution in [2.24, 2.45) is 0 Å². The van der Waals surface area contributed by atoms with Crippen molar-refractivity contribution in [1.29, 1.82) is 0 Å². The third kappa shape index (κ3) is 3.28. The number of rotatable bonds is 3. The Balaban J connectivity index is 2.32. The van der Waals surface area contributed by atoms with E-state index < -0.39 is 30.2 Å². The van der Waals surface area contributed by atoms with E-state index in [-0.39, 0.29) is 28.7 Å². The highest BCUT2D eigenvalue weighted by Gasteiger charge is 2.35. The second-order valence-corrected chi connectivity index (χ2v) is 5.29. The van der Waals surface area contributed by atoms with Crippen LogP contribution in [0.4, 0.5) is 0 Å². The average molecular weight is 331 g/mol. The smallest absolute Gasteiger partial charge is 0.305 e. The maximum Gasteiger partial charge on any atom is 0.305 e. The molecule has 1 aliphatic rings. The Hall–Kier alpha value is -1.79.